The Morgan fingerprint density at radius 1 is 0.947 bits per heavy atom. The summed E-state index contributed by atoms with van der Waals surface area (Å²) in [5, 5.41) is 19.7. The Kier molecular flexibility index (Phi) is 3.83. The molecule has 2 aromatic rings. The first kappa shape index (κ1) is 13.5. The lowest BCUT2D eigenvalue weighted by Crippen LogP contribution is -2.08. The van der Waals surface area contributed by atoms with Crippen LogP contribution in [0.4, 0.5) is 0 Å². The summed E-state index contributed by atoms with van der Waals surface area (Å²) in [6.45, 7) is 0. The van der Waals surface area contributed by atoms with Crippen molar-refractivity contribution in [3.05, 3.63) is 52.0 Å². The van der Waals surface area contributed by atoms with Crippen LogP contribution in [0.15, 0.2) is 36.4 Å². The van der Waals surface area contributed by atoms with Crippen molar-refractivity contribution in [2.45, 2.75) is 0 Å². The van der Waals surface area contributed by atoms with Crippen LogP contribution in [0.5, 0.6) is 17.2 Å². The zero-order valence-electron chi connectivity index (χ0n) is 9.43. The second kappa shape index (κ2) is 5.38. The summed E-state index contributed by atoms with van der Waals surface area (Å²) in [7, 11) is 0. The number of hydrogen-bond acceptors (Lipinski definition) is 4. The number of phenols is 2. The highest BCUT2D eigenvalue weighted by Crippen LogP contribution is 2.30. The zero-order chi connectivity index (χ0) is 14.0. The summed E-state index contributed by atoms with van der Waals surface area (Å²) in [5.74, 6) is -1.43. The highest BCUT2D eigenvalue weighted by Gasteiger charge is 2.15. The summed E-state index contributed by atoms with van der Waals surface area (Å²) < 4.78 is 4.96. The highest BCUT2D eigenvalue weighted by atomic mass is 35.5. The van der Waals surface area contributed by atoms with Crippen LogP contribution in [-0.2, 0) is 0 Å². The second-order valence-corrected chi connectivity index (χ2v) is 4.54. The average Bonchev–Trinajstić information content (AvgIpc) is 2.32. The Bertz CT molecular complexity index is 641. The van der Waals surface area contributed by atoms with E-state index in [-0.39, 0.29) is 22.8 Å². The van der Waals surface area contributed by atoms with E-state index in [1.54, 1.807) is 0 Å². The molecule has 0 aliphatic rings. The molecule has 2 rings (SSSR count). The number of hydrogen-bond donors (Lipinski definition) is 2. The summed E-state index contributed by atoms with van der Waals surface area (Å²) in [5.41, 5.74) is -0.0567. The highest BCUT2D eigenvalue weighted by molar-refractivity contribution is 6.31. The summed E-state index contributed by atoms with van der Waals surface area (Å²) in [4.78, 5) is 11.8. The zero-order valence-corrected chi connectivity index (χ0v) is 10.9. The first-order valence-corrected chi connectivity index (χ1v) is 5.92. The van der Waals surface area contributed by atoms with Crippen molar-refractivity contribution < 1.29 is 19.7 Å². The molecule has 0 heterocycles. The molecule has 2 N–H and O–H groups in total. The first-order chi connectivity index (χ1) is 8.97. The molecular weight excluding hydrogens is 291 g/mol. The molecule has 0 spiro atoms. The van der Waals surface area contributed by atoms with E-state index < -0.39 is 5.97 Å². The topological polar surface area (TPSA) is 66.8 Å². The van der Waals surface area contributed by atoms with Gasteiger partial charge in [0.05, 0.1) is 0 Å². The van der Waals surface area contributed by atoms with E-state index >= 15 is 0 Å². The van der Waals surface area contributed by atoms with E-state index in [4.69, 9.17) is 27.9 Å². The van der Waals surface area contributed by atoms with Crippen LogP contribution in [-0.4, -0.2) is 16.2 Å². The van der Waals surface area contributed by atoms with Gasteiger partial charge in [0.25, 0.3) is 0 Å². The lowest BCUT2D eigenvalue weighted by Gasteiger charge is -2.07. The molecule has 6 heteroatoms. The van der Waals surface area contributed by atoms with E-state index in [2.05, 4.69) is 0 Å². The lowest BCUT2D eigenvalue weighted by molar-refractivity contribution is 0.0726. The monoisotopic (exact) mass is 298 g/mol. The number of ether oxygens (including phenoxy) is 1. The summed E-state index contributed by atoms with van der Waals surface area (Å²) in [6.07, 6.45) is 0. The number of phenolic OH excluding ortho intramolecular Hbond substituents is 2. The molecule has 0 aliphatic carbocycles. The minimum absolute atomic E-state index is 0.0521. The van der Waals surface area contributed by atoms with Gasteiger partial charge >= 0.3 is 5.97 Å². The van der Waals surface area contributed by atoms with Crippen LogP contribution in [0.3, 0.4) is 0 Å². The van der Waals surface area contributed by atoms with Gasteiger partial charge in [0.15, 0.2) is 11.5 Å². The maximum absolute atomic E-state index is 11.8. The fraction of sp³-hybridized carbons (Fsp3) is 0. The van der Waals surface area contributed by atoms with Crippen LogP contribution in [0, 0.1) is 0 Å². The Labute approximate surface area is 118 Å². The predicted molar refractivity (Wildman–Crippen MR) is 71.2 cm³/mol. The quantitative estimate of drug-likeness (QED) is 0.656. The lowest BCUT2D eigenvalue weighted by atomic mass is 10.2. The molecule has 0 bridgehead atoms. The molecule has 0 amide bonds. The van der Waals surface area contributed by atoms with Gasteiger partial charge in [-0.1, -0.05) is 23.2 Å². The van der Waals surface area contributed by atoms with Crippen LogP contribution in [0.25, 0.3) is 0 Å². The van der Waals surface area contributed by atoms with E-state index in [0.29, 0.717) is 10.0 Å². The van der Waals surface area contributed by atoms with Crippen LogP contribution in [0.2, 0.25) is 10.0 Å². The van der Waals surface area contributed by atoms with Crippen molar-refractivity contribution in [3.63, 3.8) is 0 Å². The van der Waals surface area contributed by atoms with Crippen molar-refractivity contribution in [2.24, 2.45) is 0 Å². The Hall–Kier alpha value is -1.91. The van der Waals surface area contributed by atoms with E-state index in [1.807, 2.05) is 0 Å². The predicted octanol–water partition coefficient (Wildman–Crippen LogP) is 3.62. The van der Waals surface area contributed by atoms with E-state index in [0.717, 1.165) is 0 Å². The maximum atomic E-state index is 11.8. The van der Waals surface area contributed by atoms with Crippen molar-refractivity contribution in [3.8, 4) is 17.2 Å². The standard InChI is InChI=1S/C13H8Cl2O4/c14-7-1-3-9(10(16)5-7)13(18)19-12-4-2-8(15)6-11(12)17/h1-6,16-17H. The van der Waals surface area contributed by atoms with Gasteiger partial charge in [0.1, 0.15) is 11.3 Å². The molecule has 0 saturated carbocycles. The third-order valence-electron chi connectivity index (χ3n) is 2.30. The molecule has 2 aromatic carbocycles. The molecule has 4 nitrogen and oxygen atoms in total. The van der Waals surface area contributed by atoms with Crippen LogP contribution >= 0.6 is 23.2 Å². The molecule has 19 heavy (non-hydrogen) atoms. The van der Waals surface area contributed by atoms with Crippen molar-refractivity contribution in [1.29, 1.82) is 0 Å². The fourth-order valence-electron chi connectivity index (χ4n) is 1.41. The van der Waals surface area contributed by atoms with Crippen molar-refractivity contribution >= 4 is 29.2 Å². The second-order valence-electron chi connectivity index (χ2n) is 3.66. The molecule has 0 aliphatic heterocycles. The Morgan fingerprint density at radius 2 is 1.53 bits per heavy atom. The number of carbonyl (C=O) groups is 1. The van der Waals surface area contributed by atoms with Crippen molar-refractivity contribution in [1.82, 2.24) is 0 Å². The van der Waals surface area contributed by atoms with Gasteiger partial charge in [0, 0.05) is 16.1 Å². The summed E-state index contributed by atoms with van der Waals surface area (Å²) in [6, 6.07) is 8.05. The molecule has 0 radical (unpaired) electrons. The number of halogens is 2. The minimum Gasteiger partial charge on any atom is -0.507 e. The van der Waals surface area contributed by atoms with Gasteiger partial charge in [-0.05, 0) is 30.3 Å². The largest absolute Gasteiger partial charge is 0.507 e. The van der Waals surface area contributed by atoms with Gasteiger partial charge in [-0.25, -0.2) is 4.79 Å². The molecule has 0 saturated heterocycles. The molecule has 98 valence electrons. The van der Waals surface area contributed by atoms with E-state index in [9.17, 15) is 15.0 Å². The number of aromatic hydroxyl groups is 2. The Balaban J connectivity index is 2.25. The minimum atomic E-state index is -0.813. The third kappa shape index (κ3) is 3.10. The van der Waals surface area contributed by atoms with Gasteiger partial charge in [-0.2, -0.15) is 0 Å². The number of rotatable bonds is 2. The number of carbonyl (C=O) groups excluding carboxylic acids is 1. The van der Waals surface area contributed by atoms with Gasteiger partial charge in [-0.15, -0.1) is 0 Å². The van der Waals surface area contributed by atoms with E-state index in [1.165, 1.54) is 36.4 Å². The maximum Gasteiger partial charge on any atom is 0.347 e. The van der Waals surface area contributed by atoms with Crippen LogP contribution < -0.4 is 4.74 Å². The van der Waals surface area contributed by atoms with Crippen molar-refractivity contribution in [2.75, 3.05) is 0 Å². The molecular formula is C13H8Cl2O4. The SMILES string of the molecule is O=C(Oc1ccc(Cl)cc1O)c1ccc(Cl)cc1O. The third-order valence-corrected chi connectivity index (χ3v) is 2.77. The van der Waals surface area contributed by atoms with Gasteiger partial charge < -0.3 is 14.9 Å². The molecule has 0 aromatic heterocycles. The van der Waals surface area contributed by atoms with Gasteiger partial charge in [-0.3, -0.25) is 0 Å². The smallest absolute Gasteiger partial charge is 0.347 e. The molecule has 0 atom stereocenters. The normalized spacial score (nSPS) is 10.2. The van der Waals surface area contributed by atoms with Gasteiger partial charge in [0.2, 0.25) is 0 Å². The van der Waals surface area contributed by atoms with Crippen LogP contribution in [0.1, 0.15) is 10.4 Å². The molecule has 0 unspecified atom stereocenters. The average molecular weight is 299 g/mol. The molecule has 0 fully saturated rings. The Morgan fingerprint density at radius 3 is 2.11 bits per heavy atom. The fourth-order valence-corrected chi connectivity index (χ4v) is 1.74. The number of benzene rings is 2. The first-order valence-electron chi connectivity index (χ1n) is 5.16. The summed E-state index contributed by atoms with van der Waals surface area (Å²) >= 11 is 11.3. The number of esters is 1.